The molecule has 0 spiro atoms. The number of benzene rings is 1. The van der Waals surface area contributed by atoms with E-state index in [1.165, 1.54) is 13.0 Å². The van der Waals surface area contributed by atoms with Gasteiger partial charge >= 0.3 is 6.18 Å². The van der Waals surface area contributed by atoms with Gasteiger partial charge < -0.3 is 10.6 Å². The van der Waals surface area contributed by atoms with Crippen LogP contribution in [0.25, 0.3) is 0 Å². The predicted octanol–water partition coefficient (Wildman–Crippen LogP) is 2.04. The largest absolute Gasteiger partial charge is 0.405 e. The van der Waals surface area contributed by atoms with E-state index in [9.17, 15) is 18.0 Å². The molecule has 102 valence electrons. The van der Waals surface area contributed by atoms with Crippen LogP contribution >= 0.6 is 0 Å². The van der Waals surface area contributed by atoms with Crippen LogP contribution in [0, 0.1) is 11.3 Å². The Morgan fingerprint density at radius 2 is 2.16 bits per heavy atom. The number of halogens is 3. The van der Waals surface area contributed by atoms with Crippen LogP contribution in [-0.2, 0) is 4.79 Å². The van der Waals surface area contributed by atoms with E-state index >= 15 is 0 Å². The number of carbonyl (C=O) groups is 1. The standard InChI is InChI=1S/C12H12F3N3O/c1-8(11(19)17-7-12(13,14)15)18-10-4-2-3-9(5-10)6-16/h2-5,8,18H,7H2,1H3,(H,17,19). The summed E-state index contributed by atoms with van der Waals surface area (Å²) >= 11 is 0. The molecule has 1 aromatic carbocycles. The van der Waals surface area contributed by atoms with Gasteiger partial charge in [0.2, 0.25) is 5.91 Å². The number of amides is 1. The molecule has 1 atom stereocenters. The summed E-state index contributed by atoms with van der Waals surface area (Å²) in [6.07, 6.45) is -4.43. The second kappa shape index (κ2) is 6.09. The van der Waals surface area contributed by atoms with E-state index in [0.29, 0.717) is 11.3 Å². The number of nitriles is 1. The average molecular weight is 271 g/mol. The molecule has 0 aliphatic heterocycles. The van der Waals surface area contributed by atoms with Crippen LogP contribution in [0.15, 0.2) is 24.3 Å². The minimum Gasteiger partial charge on any atom is -0.374 e. The summed E-state index contributed by atoms with van der Waals surface area (Å²) in [5.41, 5.74) is 0.890. The molecule has 1 rings (SSSR count). The first kappa shape index (κ1) is 14.8. The highest BCUT2D eigenvalue weighted by Gasteiger charge is 2.28. The Morgan fingerprint density at radius 1 is 1.47 bits per heavy atom. The molecule has 1 amide bonds. The van der Waals surface area contributed by atoms with Gasteiger partial charge in [-0.2, -0.15) is 18.4 Å². The molecule has 1 unspecified atom stereocenters. The van der Waals surface area contributed by atoms with Gasteiger partial charge in [0.15, 0.2) is 0 Å². The molecule has 0 bridgehead atoms. The lowest BCUT2D eigenvalue weighted by Crippen LogP contribution is -2.42. The van der Waals surface area contributed by atoms with Crippen LogP contribution in [0.4, 0.5) is 18.9 Å². The molecule has 1 aromatic rings. The normalized spacial score (nSPS) is 12.4. The fourth-order valence-corrected chi connectivity index (χ4v) is 1.33. The van der Waals surface area contributed by atoms with Gasteiger partial charge in [0.05, 0.1) is 11.6 Å². The molecule has 0 heterocycles. The molecular formula is C12H12F3N3O. The number of carbonyl (C=O) groups excluding carboxylic acids is 1. The number of nitrogens with zero attached hydrogens (tertiary/aromatic N) is 1. The first-order valence-electron chi connectivity index (χ1n) is 5.43. The van der Waals surface area contributed by atoms with Crippen molar-refractivity contribution >= 4 is 11.6 Å². The molecular weight excluding hydrogens is 259 g/mol. The summed E-state index contributed by atoms with van der Waals surface area (Å²) < 4.78 is 35.8. The van der Waals surface area contributed by atoms with Crippen LogP contribution in [0.2, 0.25) is 0 Å². The SMILES string of the molecule is CC(Nc1cccc(C#N)c1)C(=O)NCC(F)(F)F. The Hall–Kier alpha value is -2.23. The zero-order valence-corrected chi connectivity index (χ0v) is 10.1. The second-order valence-corrected chi connectivity index (χ2v) is 3.89. The molecule has 2 N–H and O–H groups in total. The smallest absolute Gasteiger partial charge is 0.374 e. The number of nitrogens with one attached hydrogen (secondary N) is 2. The predicted molar refractivity (Wildman–Crippen MR) is 63.3 cm³/mol. The van der Waals surface area contributed by atoms with Gasteiger partial charge in [-0.05, 0) is 25.1 Å². The maximum Gasteiger partial charge on any atom is 0.405 e. The first-order valence-corrected chi connectivity index (χ1v) is 5.43. The van der Waals surface area contributed by atoms with Crippen LogP contribution in [0.3, 0.4) is 0 Å². The van der Waals surface area contributed by atoms with Crippen molar-refractivity contribution in [3.05, 3.63) is 29.8 Å². The minimum atomic E-state index is -4.43. The van der Waals surface area contributed by atoms with Crippen LogP contribution in [0.5, 0.6) is 0 Å². The Bertz CT molecular complexity index is 494. The lowest BCUT2D eigenvalue weighted by Gasteiger charge is -2.16. The van der Waals surface area contributed by atoms with Crippen molar-refractivity contribution in [3.63, 3.8) is 0 Å². The summed E-state index contributed by atoms with van der Waals surface area (Å²) in [6, 6.07) is 7.41. The average Bonchev–Trinajstić information content (AvgIpc) is 2.35. The van der Waals surface area contributed by atoms with Crippen LogP contribution < -0.4 is 10.6 Å². The van der Waals surface area contributed by atoms with E-state index in [-0.39, 0.29) is 0 Å². The van der Waals surface area contributed by atoms with Gasteiger partial charge in [-0.1, -0.05) is 6.07 Å². The number of anilines is 1. The van der Waals surface area contributed by atoms with E-state index in [1.807, 2.05) is 6.07 Å². The maximum absolute atomic E-state index is 11.9. The van der Waals surface area contributed by atoms with Crippen molar-refractivity contribution in [3.8, 4) is 6.07 Å². The van der Waals surface area contributed by atoms with Crippen molar-refractivity contribution < 1.29 is 18.0 Å². The number of hydrogen-bond donors (Lipinski definition) is 2. The summed E-state index contributed by atoms with van der Waals surface area (Å²) in [7, 11) is 0. The summed E-state index contributed by atoms with van der Waals surface area (Å²) in [5, 5.41) is 13.2. The topological polar surface area (TPSA) is 64.9 Å². The summed E-state index contributed by atoms with van der Waals surface area (Å²) in [4.78, 5) is 11.4. The highest BCUT2D eigenvalue weighted by Crippen LogP contribution is 2.13. The van der Waals surface area contributed by atoms with Crippen LogP contribution in [0.1, 0.15) is 12.5 Å². The lowest BCUT2D eigenvalue weighted by molar-refractivity contribution is -0.138. The molecule has 0 saturated heterocycles. The quantitative estimate of drug-likeness (QED) is 0.880. The third kappa shape index (κ3) is 5.29. The van der Waals surface area contributed by atoms with Gasteiger partial charge in [0.1, 0.15) is 12.6 Å². The van der Waals surface area contributed by atoms with E-state index in [4.69, 9.17) is 5.26 Å². The van der Waals surface area contributed by atoms with Crippen molar-refractivity contribution in [1.82, 2.24) is 5.32 Å². The minimum absolute atomic E-state index is 0.396. The molecule has 0 aliphatic rings. The Kier molecular flexibility index (Phi) is 4.75. The Balaban J connectivity index is 2.56. The zero-order chi connectivity index (χ0) is 14.5. The number of hydrogen-bond acceptors (Lipinski definition) is 3. The molecule has 0 fully saturated rings. The van der Waals surface area contributed by atoms with Crippen molar-refractivity contribution in [2.45, 2.75) is 19.1 Å². The molecule has 7 heteroatoms. The Morgan fingerprint density at radius 3 is 2.74 bits per heavy atom. The summed E-state index contributed by atoms with van der Waals surface area (Å²) in [6.45, 7) is 0.0703. The fourth-order valence-electron chi connectivity index (χ4n) is 1.33. The molecule has 0 aromatic heterocycles. The van der Waals surface area contributed by atoms with Crippen molar-refractivity contribution in [2.75, 3.05) is 11.9 Å². The van der Waals surface area contributed by atoms with Crippen molar-refractivity contribution in [2.24, 2.45) is 0 Å². The van der Waals surface area contributed by atoms with Gasteiger partial charge in [0, 0.05) is 5.69 Å². The van der Waals surface area contributed by atoms with Gasteiger partial charge in [-0.25, -0.2) is 0 Å². The van der Waals surface area contributed by atoms with Gasteiger partial charge in [-0.3, -0.25) is 4.79 Å². The molecule has 0 aliphatic carbocycles. The highest BCUT2D eigenvalue weighted by molar-refractivity contribution is 5.84. The molecule has 0 saturated carbocycles. The second-order valence-electron chi connectivity index (χ2n) is 3.89. The maximum atomic E-state index is 11.9. The Labute approximate surface area is 108 Å². The number of alkyl halides is 3. The molecule has 19 heavy (non-hydrogen) atoms. The number of rotatable bonds is 4. The lowest BCUT2D eigenvalue weighted by atomic mass is 10.2. The highest BCUT2D eigenvalue weighted by atomic mass is 19.4. The van der Waals surface area contributed by atoms with E-state index in [0.717, 1.165) is 0 Å². The molecule has 0 radical (unpaired) electrons. The van der Waals surface area contributed by atoms with E-state index in [1.54, 1.807) is 23.5 Å². The fraction of sp³-hybridized carbons (Fsp3) is 0.333. The van der Waals surface area contributed by atoms with E-state index < -0.39 is 24.7 Å². The third-order valence-corrected chi connectivity index (χ3v) is 2.23. The summed E-state index contributed by atoms with van der Waals surface area (Å²) in [5.74, 6) is -0.764. The van der Waals surface area contributed by atoms with Crippen molar-refractivity contribution in [1.29, 1.82) is 5.26 Å². The monoisotopic (exact) mass is 271 g/mol. The van der Waals surface area contributed by atoms with E-state index in [2.05, 4.69) is 5.32 Å². The third-order valence-electron chi connectivity index (χ3n) is 2.23. The molecule has 4 nitrogen and oxygen atoms in total. The van der Waals surface area contributed by atoms with Crippen LogP contribution in [-0.4, -0.2) is 24.7 Å². The first-order chi connectivity index (χ1) is 8.81. The van der Waals surface area contributed by atoms with Gasteiger partial charge in [-0.15, -0.1) is 0 Å². The zero-order valence-electron chi connectivity index (χ0n) is 10.1. The van der Waals surface area contributed by atoms with Gasteiger partial charge in [0.25, 0.3) is 0 Å².